The second kappa shape index (κ2) is 4.06. The Morgan fingerprint density at radius 2 is 2.00 bits per heavy atom. The molecule has 0 atom stereocenters. The average Bonchev–Trinajstić information content (AvgIpc) is 2.03. The third-order valence-electron chi connectivity index (χ3n) is 1.61. The lowest BCUT2D eigenvalue weighted by atomic mass is 9.86. The predicted octanol–water partition coefficient (Wildman–Crippen LogP) is -0.540. The van der Waals surface area contributed by atoms with E-state index in [0.29, 0.717) is 0 Å². The van der Waals surface area contributed by atoms with Gasteiger partial charge >= 0.3 is 0 Å². The highest BCUT2D eigenvalue weighted by Gasteiger charge is 2.30. The maximum absolute atomic E-state index is 11.0. The van der Waals surface area contributed by atoms with Crippen LogP contribution < -0.4 is 0 Å². The number of nitrogens with zero attached hydrogens (tertiary/aromatic N) is 1. The number of aliphatic hydroxyl groups is 2. The smallest absolute Gasteiger partial charge is 0.157 e. The number of rotatable bonds is 4. The summed E-state index contributed by atoms with van der Waals surface area (Å²) in [5.41, 5.74) is -1.16. The number of Topliss-reactive ketones (excluding diaryl/α,β-unsaturated/α-hetero) is 1. The fraction of sp³-hybridized carbons (Fsp3) is 0.714. The van der Waals surface area contributed by atoms with Crippen molar-refractivity contribution in [3.8, 4) is 6.07 Å². The standard InChI is InChI=1S/C7H11NO3/c1-7(4-9,5-10)6(11)2-3-8/h9-10H,2,4-5H2,1H3. The molecule has 0 saturated carbocycles. The lowest BCUT2D eigenvalue weighted by Gasteiger charge is -2.20. The van der Waals surface area contributed by atoms with Crippen LogP contribution in [-0.4, -0.2) is 29.2 Å². The van der Waals surface area contributed by atoms with E-state index in [1.165, 1.54) is 6.92 Å². The van der Waals surface area contributed by atoms with E-state index in [2.05, 4.69) is 0 Å². The molecular formula is C7H11NO3. The van der Waals surface area contributed by atoms with E-state index in [1.54, 1.807) is 6.07 Å². The van der Waals surface area contributed by atoms with Crippen molar-refractivity contribution in [1.82, 2.24) is 0 Å². The summed E-state index contributed by atoms with van der Waals surface area (Å²) in [6, 6.07) is 1.67. The number of nitriles is 1. The van der Waals surface area contributed by atoms with Crippen molar-refractivity contribution in [1.29, 1.82) is 5.26 Å². The van der Waals surface area contributed by atoms with Gasteiger partial charge in [0.15, 0.2) is 5.78 Å². The lowest BCUT2D eigenvalue weighted by molar-refractivity contribution is -0.131. The average molecular weight is 157 g/mol. The van der Waals surface area contributed by atoms with Gasteiger partial charge < -0.3 is 10.2 Å². The van der Waals surface area contributed by atoms with Gasteiger partial charge in [0, 0.05) is 0 Å². The summed E-state index contributed by atoms with van der Waals surface area (Å²) in [5, 5.41) is 25.5. The molecule has 0 aliphatic heterocycles. The molecule has 0 aliphatic rings. The molecule has 11 heavy (non-hydrogen) atoms. The molecule has 62 valence electrons. The molecule has 0 aliphatic carbocycles. The van der Waals surface area contributed by atoms with Crippen LogP contribution in [0.25, 0.3) is 0 Å². The highest BCUT2D eigenvalue weighted by atomic mass is 16.3. The van der Waals surface area contributed by atoms with E-state index in [-0.39, 0.29) is 6.42 Å². The Hall–Kier alpha value is -0.920. The summed E-state index contributed by atoms with van der Waals surface area (Å²) in [7, 11) is 0. The second-order valence-electron chi connectivity index (χ2n) is 2.63. The highest BCUT2D eigenvalue weighted by Crippen LogP contribution is 2.16. The molecule has 4 heteroatoms. The molecule has 0 aromatic carbocycles. The van der Waals surface area contributed by atoms with Gasteiger partial charge in [-0.3, -0.25) is 4.79 Å². The van der Waals surface area contributed by atoms with Crippen LogP contribution in [0.5, 0.6) is 0 Å². The normalized spacial score (nSPS) is 10.7. The molecule has 4 nitrogen and oxygen atoms in total. The maximum atomic E-state index is 11.0. The maximum Gasteiger partial charge on any atom is 0.157 e. The first-order valence-corrected chi connectivity index (χ1v) is 3.22. The van der Waals surface area contributed by atoms with Gasteiger partial charge in [0.1, 0.15) is 0 Å². The van der Waals surface area contributed by atoms with Gasteiger partial charge in [-0.05, 0) is 6.92 Å². The van der Waals surface area contributed by atoms with Crippen LogP contribution in [0, 0.1) is 16.7 Å². The number of carbonyl (C=O) groups excluding carboxylic acids is 1. The quantitative estimate of drug-likeness (QED) is 0.574. The van der Waals surface area contributed by atoms with Gasteiger partial charge in [-0.1, -0.05) is 0 Å². The van der Waals surface area contributed by atoms with Gasteiger partial charge in [-0.25, -0.2) is 0 Å². The van der Waals surface area contributed by atoms with E-state index in [1.807, 2.05) is 0 Å². The Morgan fingerprint density at radius 3 is 2.27 bits per heavy atom. The minimum Gasteiger partial charge on any atom is -0.395 e. The zero-order valence-electron chi connectivity index (χ0n) is 6.37. The van der Waals surface area contributed by atoms with Crippen LogP contribution in [0.4, 0.5) is 0 Å². The van der Waals surface area contributed by atoms with E-state index < -0.39 is 24.4 Å². The Kier molecular flexibility index (Phi) is 3.72. The summed E-state index contributed by atoms with van der Waals surface area (Å²) in [6.07, 6.45) is -0.266. The molecule has 0 bridgehead atoms. The third-order valence-corrected chi connectivity index (χ3v) is 1.61. The summed E-state index contributed by atoms with van der Waals surface area (Å²) >= 11 is 0. The van der Waals surface area contributed by atoms with Crippen LogP contribution in [0.3, 0.4) is 0 Å². The van der Waals surface area contributed by atoms with E-state index >= 15 is 0 Å². The van der Waals surface area contributed by atoms with Gasteiger partial charge in [0.05, 0.1) is 31.1 Å². The summed E-state index contributed by atoms with van der Waals surface area (Å²) in [6.45, 7) is 0.570. The van der Waals surface area contributed by atoms with Crippen molar-refractivity contribution in [2.24, 2.45) is 5.41 Å². The molecule has 0 amide bonds. The van der Waals surface area contributed by atoms with Crippen LogP contribution in [-0.2, 0) is 4.79 Å². The van der Waals surface area contributed by atoms with Crippen molar-refractivity contribution in [2.75, 3.05) is 13.2 Å². The number of ketones is 1. The Balaban J connectivity index is 4.27. The van der Waals surface area contributed by atoms with E-state index in [0.717, 1.165) is 0 Å². The largest absolute Gasteiger partial charge is 0.395 e. The number of aliphatic hydroxyl groups excluding tert-OH is 2. The van der Waals surface area contributed by atoms with E-state index in [4.69, 9.17) is 15.5 Å². The molecule has 0 fully saturated rings. The Bertz CT molecular complexity index is 179. The first-order chi connectivity index (χ1) is 5.10. The number of hydrogen-bond acceptors (Lipinski definition) is 4. The molecule has 0 aromatic rings. The van der Waals surface area contributed by atoms with Gasteiger partial charge in [-0.2, -0.15) is 5.26 Å². The molecule has 0 rings (SSSR count). The monoisotopic (exact) mass is 157 g/mol. The third kappa shape index (κ3) is 2.30. The van der Waals surface area contributed by atoms with E-state index in [9.17, 15) is 4.79 Å². The summed E-state index contributed by atoms with van der Waals surface area (Å²) < 4.78 is 0. The zero-order valence-corrected chi connectivity index (χ0v) is 6.37. The zero-order chi connectivity index (χ0) is 8.91. The second-order valence-corrected chi connectivity index (χ2v) is 2.63. The van der Waals surface area contributed by atoms with Crippen molar-refractivity contribution >= 4 is 5.78 Å². The fourth-order valence-electron chi connectivity index (χ4n) is 0.512. The Morgan fingerprint density at radius 1 is 1.55 bits per heavy atom. The van der Waals surface area contributed by atoms with Gasteiger partial charge in [-0.15, -0.1) is 0 Å². The molecule has 2 N–H and O–H groups in total. The number of hydrogen-bond donors (Lipinski definition) is 2. The first kappa shape index (κ1) is 10.1. The molecule has 0 spiro atoms. The fourth-order valence-corrected chi connectivity index (χ4v) is 0.512. The molecule has 0 unspecified atom stereocenters. The molecule has 0 radical (unpaired) electrons. The molecule has 0 aromatic heterocycles. The summed E-state index contributed by atoms with van der Waals surface area (Å²) in [4.78, 5) is 11.0. The van der Waals surface area contributed by atoms with Crippen molar-refractivity contribution in [2.45, 2.75) is 13.3 Å². The van der Waals surface area contributed by atoms with Crippen LogP contribution >= 0.6 is 0 Å². The molecule has 0 saturated heterocycles. The van der Waals surface area contributed by atoms with Gasteiger partial charge in [0.25, 0.3) is 0 Å². The van der Waals surface area contributed by atoms with Crippen LogP contribution in [0.2, 0.25) is 0 Å². The van der Waals surface area contributed by atoms with Crippen molar-refractivity contribution < 1.29 is 15.0 Å². The Labute approximate surface area is 65.1 Å². The predicted molar refractivity (Wildman–Crippen MR) is 37.5 cm³/mol. The van der Waals surface area contributed by atoms with Crippen LogP contribution in [0.15, 0.2) is 0 Å². The summed E-state index contributed by atoms with van der Waals surface area (Å²) in [5.74, 6) is -0.426. The van der Waals surface area contributed by atoms with Crippen LogP contribution in [0.1, 0.15) is 13.3 Å². The SMILES string of the molecule is CC(CO)(CO)C(=O)CC#N. The molecule has 0 heterocycles. The minimum absolute atomic E-state index is 0.266. The topological polar surface area (TPSA) is 81.3 Å². The van der Waals surface area contributed by atoms with Crippen molar-refractivity contribution in [3.05, 3.63) is 0 Å². The lowest BCUT2D eigenvalue weighted by Crippen LogP contribution is -2.35. The molecular weight excluding hydrogens is 146 g/mol. The van der Waals surface area contributed by atoms with Crippen molar-refractivity contribution in [3.63, 3.8) is 0 Å². The number of carbonyl (C=O) groups is 1. The first-order valence-electron chi connectivity index (χ1n) is 3.22. The van der Waals surface area contributed by atoms with Gasteiger partial charge in [0.2, 0.25) is 0 Å². The highest BCUT2D eigenvalue weighted by molar-refractivity contribution is 5.86. The minimum atomic E-state index is -1.16.